The number of nitrogens with one attached hydrogen (secondary N) is 1. The Morgan fingerprint density at radius 3 is 2.47 bits per heavy atom. The summed E-state index contributed by atoms with van der Waals surface area (Å²) in [6.07, 6.45) is 2.61. The quantitative estimate of drug-likeness (QED) is 0.520. The molecule has 0 saturated carbocycles. The lowest BCUT2D eigenvalue weighted by atomic mass is 10.2. The van der Waals surface area contributed by atoms with Crippen LogP contribution in [-0.2, 0) is 19.0 Å². The highest BCUT2D eigenvalue weighted by Gasteiger charge is 2.01. The summed E-state index contributed by atoms with van der Waals surface area (Å²) in [7, 11) is 0. The summed E-state index contributed by atoms with van der Waals surface area (Å²) in [4.78, 5) is 11.4. The third-order valence-corrected chi connectivity index (χ3v) is 2.39. The van der Waals surface area contributed by atoms with Gasteiger partial charge in [0.25, 0.3) is 0 Å². The summed E-state index contributed by atoms with van der Waals surface area (Å²) in [5.41, 5.74) is 0. The number of hydrogen-bond donors (Lipinski definition) is 1. The first-order chi connectivity index (χ1) is 9.16. The molecule has 1 N–H and O–H groups in total. The number of hydrogen-bond acceptors (Lipinski definition) is 4. The van der Waals surface area contributed by atoms with Crippen molar-refractivity contribution in [2.45, 2.75) is 46.1 Å². The van der Waals surface area contributed by atoms with Crippen LogP contribution in [0, 0.1) is 0 Å². The van der Waals surface area contributed by atoms with Crippen LogP contribution in [0.4, 0.5) is 0 Å². The molecule has 0 heterocycles. The van der Waals surface area contributed by atoms with Crippen LogP contribution in [0.1, 0.15) is 40.0 Å². The summed E-state index contributed by atoms with van der Waals surface area (Å²) < 4.78 is 15.8. The van der Waals surface area contributed by atoms with E-state index >= 15 is 0 Å². The molecule has 114 valence electrons. The van der Waals surface area contributed by atoms with Crippen LogP contribution in [0.2, 0.25) is 0 Å². The molecule has 0 fully saturated rings. The molecule has 0 unspecified atom stereocenters. The molecule has 0 aromatic heterocycles. The third kappa shape index (κ3) is 15.3. The lowest BCUT2D eigenvalue weighted by Gasteiger charge is -2.08. The van der Waals surface area contributed by atoms with E-state index in [-0.39, 0.29) is 12.0 Å². The molecular weight excluding hydrogens is 246 g/mol. The van der Waals surface area contributed by atoms with Gasteiger partial charge in [0.1, 0.15) is 0 Å². The van der Waals surface area contributed by atoms with Gasteiger partial charge in [-0.15, -0.1) is 0 Å². The Morgan fingerprint density at radius 2 is 1.79 bits per heavy atom. The van der Waals surface area contributed by atoms with Crippen molar-refractivity contribution < 1.29 is 19.0 Å². The van der Waals surface area contributed by atoms with Gasteiger partial charge in [0.05, 0.1) is 25.9 Å². The second-order valence-corrected chi connectivity index (χ2v) is 4.54. The van der Waals surface area contributed by atoms with Gasteiger partial charge in [0.15, 0.2) is 0 Å². The van der Waals surface area contributed by atoms with E-state index in [1.807, 2.05) is 20.8 Å². The van der Waals surface area contributed by atoms with Crippen molar-refractivity contribution in [2.75, 3.05) is 39.6 Å². The van der Waals surface area contributed by atoms with E-state index in [0.29, 0.717) is 39.4 Å². The summed E-state index contributed by atoms with van der Waals surface area (Å²) in [5, 5.41) is 2.83. The van der Waals surface area contributed by atoms with E-state index in [1.165, 1.54) is 0 Å². The van der Waals surface area contributed by atoms with E-state index in [1.54, 1.807) is 0 Å². The van der Waals surface area contributed by atoms with Gasteiger partial charge >= 0.3 is 0 Å². The Morgan fingerprint density at radius 1 is 1.05 bits per heavy atom. The molecule has 0 aromatic rings. The topological polar surface area (TPSA) is 56.8 Å². The number of carbonyl (C=O) groups excluding carboxylic acids is 1. The maximum atomic E-state index is 11.4. The predicted molar refractivity (Wildman–Crippen MR) is 75.3 cm³/mol. The Bertz CT molecular complexity index is 210. The van der Waals surface area contributed by atoms with E-state index in [2.05, 4.69) is 5.32 Å². The highest BCUT2D eigenvalue weighted by molar-refractivity contribution is 5.75. The van der Waals surface area contributed by atoms with Gasteiger partial charge in [-0.05, 0) is 33.6 Å². The molecular formula is C14H29NO4. The van der Waals surface area contributed by atoms with Crippen molar-refractivity contribution in [1.29, 1.82) is 0 Å². The zero-order valence-corrected chi connectivity index (χ0v) is 12.6. The first kappa shape index (κ1) is 18.4. The van der Waals surface area contributed by atoms with Crippen molar-refractivity contribution in [3.63, 3.8) is 0 Å². The predicted octanol–water partition coefficient (Wildman–Crippen LogP) is 1.75. The Labute approximate surface area is 117 Å². The van der Waals surface area contributed by atoms with Crippen molar-refractivity contribution >= 4 is 5.91 Å². The van der Waals surface area contributed by atoms with Crippen LogP contribution in [0.5, 0.6) is 0 Å². The van der Waals surface area contributed by atoms with Gasteiger partial charge in [-0.1, -0.05) is 0 Å². The maximum Gasteiger partial charge on any atom is 0.220 e. The second kappa shape index (κ2) is 13.8. The van der Waals surface area contributed by atoms with Crippen LogP contribution < -0.4 is 5.32 Å². The van der Waals surface area contributed by atoms with E-state index in [0.717, 1.165) is 19.4 Å². The number of carbonyl (C=O) groups is 1. The number of rotatable bonds is 13. The number of unbranched alkanes of at least 4 members (excludes halogenated alkanes) is 1. The minimum Gasteiger partial charge on any atom is -0.379 e. The molecule has 1 amide bonds. The first-order valence-corrected chi connectivity index (χ1v) is 7.20. The molecule has 0 spiro atoms. The molecule has 0 rings (SSSR count). The average molecular weight is 275 g/mol. The largest absolute Gasteiger partial charge is 0.379 e. The fourth-order valence-electron chi connectivity index (χ4n) is 1.42. The van der Waals surface area contributed by atoms with Crippen molar-refractivity contribution in [2.24, 2.45) is 0 Å². The zero-order valence-electron chi connectivity index (χ0n) is 12.6. The molecule has 0 aliphatic rings. The van der Waals surface area contributed by atoms with Gasteiger partial charge in [0.2, 0.25) is 5.91 Å². The first-order valence-electron chi connectivity index (χ1n) is 7.20. The lowest BCUT2D eigenvalue weighted by Crippen LogP contribution is -2.27. The third-order valence-electron chi connectivity index (χ3n) is 2.39. The summed E-state index contributed by atoms with van der Waals surface area (Å²) in [6.45, 7) is 9.70. The highest BCUT2D eigenvalue weighted by Crippen LogP contribution is 1.98. The minimum absolute atomic E-state index is 0.0814. The Kier molecular flexibility index (Phi) is 13.3. The van der Waals surface area contributed by atoms with E-state index in [9.17, 15) is 4.79 Å². The highest BCUT2D eigenvalue weighted by atomic mass is 16.5. The van der Waals surface area contributed by atoms with Crippen LogP contribution in [0.15, 0.2) is 0 Å². The lowest BCUT2D eigenvalue weighted by molar-refractivity contribution is -0.121. The molecule has 0 atom stereocenters. The van der Waals surface area contributed by atoms with Crippen molar-refractivity contribution in [3.05, 3.63) is 0 Å². The minimum atomic E-state index is 0.0814. The summed E-state index contributed by atoms with van der Waals surface area (Å²) >= 11 is 0. The van der Waals surface area contributed by atoms with E-state index in [4.69, 9.17) is 14.2 Å². The second-order valence-electron chi connectivity index (χ2n) is 4.54. The standard InChI is InChI=1S/C14H29NO4/c1-4-17-11-12-18-10-8-15-14(16)7-5-6-9-19-13(2)3/h13H,4-12H2,1-3H3,(H,15,16). The molecule has 0 bridgehead atoms. The van der Waals surface area contributed by atoms with Gasteiger partial charge in [-0.25, -0.2) is 0 Å². The normalized spacial score (nSPS) is 10.9. The van der Waals surface area contributed by atoms with Crippen molar-refractivity contribution in [3.8, 4) is 0 Å². The fraction of sp³-hybridized carbons (Fsp3) is 0.929. The number of amides is 1. The Balaban J connectivity index is 3.17. The SMILES string of the molecule is CCOCCOCCNC(=O)CCCCOC(C)C. The van der Waals surface area contributed by atoms with E-state index < -0.39 is 0 Å². The molecule has 5 heteroatoms. The Hall–Kier alpha value is -0.650. The van der Waals surface area contributed by atoms with Crippen molar-refractivity contribution in [1.82, 2.24) is 5.32 Å². The molecule has 19 heavy (non-hydrogen) atoms. The fourth-order valence-corrected chi connectivity index (χ4v) is 1.42. The number of ether oxygens (including phenoxy) is 3. The van der Waals surface area contributed by atoms with Gasteiger partial charge in [-0.2, -0.15) is 0 Å². The van der Waals surface area contributed by atoms with Crippen LogP contribution in [0.3, 0.4) is 0 Å². The molecule has 0 aromatic carbocycles. The zero-order chi connectivity index (χ0) is 14.3. The summed E-state index contributed by atoms with van der Waals surface area (Å²) in [5.74, 6) is 0.0814. The monoisotopic (exact) mass is 275 g/mol. The smallest absolute Gasteiger partial charge is 0.220 e. The molecule has 0 aliphatic carbocycles. The maximum absolute atomic E-state index is 11.4. The molecule has 0 radical (unpaired) electrons. The molecule has 0 saturated heterocycles. The average Bonchev–Trinajstić information content (AvgIpc) is 2.37. The molecule has 0 aliphatic heterocycles. The van der Waals surface area contributed by atoms with Gasteiger partial charge in [0, 0.05) is 26.2 Å². The summed E-state index contributed by atoms with van der Waals surface area (Å²) in [6, 6.07) is 0. The van der Waals surface area contributed by atoms with Gasteiger partial charge in [-0.3, -0.25) is 4.79 Å². The van der Waals surface area contributed by atoms with Crippen LogP contribution in [-0.4, -0.2) is 51.6 Å². The molecule has 5 nitrogen and oxygen atoms in total. The van der Waals surface area contributed by atoms with Crippen LogP contribution in [0.25, 0.3) is 0 Å². The van der Waals surface area contributed by atoms with Crippen LogP contribution >= 0.6 is 0 Å². The van der Waals surface area contributed by atoms with Gasteiger partial charge < -0.3 is 19.5 Å².